The maximum atomic E-state index is 11.6. The first kappa shape index (κ1) is 24.7. The SMILES string of the molecule is C=CCC[C@H](NC(C)=O)[C@H](O)CN[C@H]1C[C@]2(C[C@H](C)C2)Oc2ncc(CC(C)(C)C)cc21. The van der Waals surface area contributed by atoms with Gasteiger partial charge in [0.25, 0.3) is 0 Å². The maximum Gasteiger partial charge on any atom is 0.218 e. The lowest BCUT2D eigenvalue weighted by atomic mass is 9.67. The van der Waals surface area contributed by atoms with Gasteiger partial charge in [0.05, 0.1) is 12.1 Å². The van der Waals surface area contributed by atoms with Crippen LogP contribution >= 0.6 is 0 Å². The third-order valence-corrected chi connectivity index (χ3v) is 6.48. The molecule has 0 saturated heterocycles. The fourth-order valence-corrected chi connectivity index (χ4v) is 5.25. The van der Waals surface area contributed by atoms with Crippen molar-refractivity contribution < 1.29 is 14.6 Å². The summed E-state index contributed by atoms with van der Waals surface area (Å²) in [4.78, 5) is 16.3. The molecule has 1 aromatic heterocycles. The van der Waals surface area contributed by atoms with Crippen molar-refractivity contribution in [2.75, 3.05) is 6.54 Å². The van der Waals surface area contributed by atoms with E-state index in [1.165, 1.54) is 12.5 Å². The number of hydrogen-bond donors (Lipinski definition) is 3. The number of carbonyl (C=O) groups is 1. The molecule has 32 heavy (non-hydrogen) atoms. The molecule has 2 aliphatic rings. The van der Waals surface area contributed by atoms with E-state index in [-0.39, 0.29) is 29.0 Å². The highest BCUT2D eigenvalue weighted by atomic mass is 16.5. The molecular weight excluding hydrogens is 402 g/mol. The molecule has 1 aromatic rings. The first-order chi connectivity index (χ1) is 15.0. The molecule has 1 aliphatic carbocycles. The number of ether oxygens (including phenoxy) is 1. The fraction of sp³-hybridized carbons (Fsp3) is 0.692. The molecule has 1 amide bonds. The van der Waals surface area contributed by atoms with Crippen molar-refractivity contribution in [2.45, 2.75) is 96.9 Å². The first-order valence-electron chi connectivity index (χ1n) is 12.0. The van der Waals surface area contributed by atoms with Crippen molar-refractivity contribution >= 4 is 5.91 Å². The van der Waals surface area contributed by atoms with Crippen LogP contribution in [-0.4, -0.2) is 40.3 Å². The Bertz CT molecular complexity index is 811. The maximum absolute atomic E-state index is 11.6. The summed E-state index contributed by atoms with van der Waals surface area (Å²) in [5, 5.41) is 17.3. The van der Waals surface area contributed by atoms with Crippen LogP contribution in [0.5, 0.6) is 5.88 Å². The average Bonchev–Trinajstić information content (AvgIpc) is 2.67. The highest BCUT2D eigenvalue weighted by Gasteiger charge is 2.49. The number of pyridine rings is 1. The van der Waals surface area contributed by atoms with Crippen molar-refractivity contribution in [1.29, 1.82) is 0 Å². The van der Waals surface area contributed by atoms with Crippen molar-refractivity contribution in [3.8, 4) is 5.88 Å². The van der Waals surface area contributed by atoms with Crippen LogP contribution in [0.25, 0.3) is 0 Å². The van der Waals surface area contributed by atoms with E-state index in [2.05, 4.69) is 51.0 Å². The van der Waals surface area contributed by atoms with Crippen LogP contribution in [-0.2, 0) is 11.2 Å². The smallest absolute Gasteiger partial charge is 0.218 e. The number of nitrogens with zero attached hydrogens (tertiary/aromatic N) is 1. The van der Waals surface area contributed by atoms with E-state index >= 15 is 0 Å². The Labute approximate surface area is 193 Å². The molecular formula is C26H41N3O3. The molecule has 1 aliphatic heterocycles. The molecule has 1 fully saturated rings. The van der Waals surface area contributed by atoms with Gasteiger partial charge in [-0.15, -0.1) is 6.58 Å². The zero-order valence-corrected chi connectivity index (χ0v) is 20.4. The quantitative estimate of drug-likeness (QED) is 0.501. The van der Waals surface area contributed by atoms with Gasteiger partial charge < -0.3 is 20.5 Å². The third kappa shape index (κ3) is 6.32. The zero-order valence-electron chi connectivity index (χ0n) is 20.4. The van der Waals surface area contributed by atoms with Crippen LogP contribution in [0.2, 0.25) is 0 Å². The van der Waals surface area contributed by atoms with E-state index in [1.54, 1.807) is 0 Å². The van der Waals surface area contributed by atoms with E-state index in [0.29, 0.717) is 18.9 Å². The minimum atomic E-state index is -0.688. The summed E-state index contributed by atoms with van der Waals surface area (Å²) in [7, 11) is 0. The van der Waals surface area contributed by atoms with Gasteiger partial charge in [0.2, 0.25) is 11.8 Å². The zero-order chi connectivity index (χ0) is 23.5. The molecule has 1 saturated carbocycles. The summed E-state index contributed by atoms with van der Waals surface area (Å²) in [5.74, 6) is 1.25. The summed E-state index contributed by atoms with van der Waals surface area (Å²) in [5.41, 5.74) is 2.29. The number of nitrogens with one attached hydrogen (secondary N) is 2. The molecule has 0 radical (unpaired) electrons. The number of fused-ring (bicyclic) bond motifs is 1. The van der Waals surface area contributed by atoms with Gasteiger partial charge in [-0.05, 0) is 55.1 Å². The van der Waals surface area contributed by atoms with Crippen LogP contribution in [0.3, 0.4) is 0 Å². The minimum absolute atomic E-state index is 0.0608. The number of amides is 1. The normalized spacial score (nSPS) is 26.4. The second kappa shape index (κ2) is 9.92. The number of allylic oxidation sites excluding steroid dienone is 1. The first-order valence-corrected chi connectivity index (χ1v) is 12.0. The van der Waals surface area contributed by atoms with Crippen molar-refractivity contribution in [1.82, 2.24) is 15.6 Å². The molecule has 6 heteroatoms. The number of aromatic nitrogens is 1. The third-order valence-electron chi connectivity index (χ3n) is 6.48. The second-order valence-electron chi connectivity index (χ2n) is 11.2. The van der Waals surface area contributed by atoms with Gasteiger partial charge in [-0.1, -0.05) is 33.8 Å². The molecule has 3 N–H and O–H groups in total. The van der Waals surface area contributed by atoms with Gasteiger partial charge in [0.1, 0.15) is 5.60 Å². The standard InChI is InChI=1S/C26H41N3O3/c1-7-8-9-21(29-18(3)30)23(31)16-27-22-14-26(11-17(2)12-26)32-24-20(22)10-19(15-28-24)13-25(4,5)6/h7,10,15,17,21-23,27,31H,1,8-9,11-14,16H2,2-6H3,(H,29,30)/t17-,21-,22-,23+,26+/m0/s1. The van der Waals surface area contributed by atoms with Gasteiger partial charge in [-0.25, -0.2) is 4.98 Å². The van der Waals surface area contributed by atoms with E-state index in [9.17, 15) is 9.90 Å². The Morgan fingerprint density at radius 1 is 1.41 bits per heavy atom. The number of aliphatic hydroxyl groups is 1. The number of hydrogen-bond acceptors (Lipinski definition) is 5. The minimum Gasteiger partial charge on any atom is -0.471 e. The Morgan fingerprint density at radius 3 is 2.72 bits per heavy atom. The molecule has 0 unspecified atom stereocenters. The molecule has 2 heterocycles. The van der Waals surface area contributed by atoms with Gasteiger partial charge >= 0.3 is 0 Å². The number of rotatable bonds is 9. The van der Waals surface area contributed by atoms with E-state index in [0.717, 1.165) is 43.5 Å². The highest BCUT2D eigenvalue weighted by Crippen LogP contribution is 2.50. The summed E-state index contributed by atoms with van der Waals surface area (Å²) in [6, 6.07) is 1.97. The van der Waals surface area contributed by atoms with Gasteiger partial charge in [0, 0.05) is 37.7 Å². The van der Waals surface area contributed by atoms with Crippen LogP contribution in [0.1, 0.15) is 83.9 Å². The molecule has 178 valence electrons. The predicted octanol–water partition coefficient (Wildman–Crippen LogP) is 4.08. The van der Waals surface area contributed by atoms with Crippen molar-refractivity contribution in [3.05, 3.63) is 36.0 Å². The Balaban J connectivity index is 1.77. The van der Waals surface area contributed by atoms with Crippen LogP contribution in [0.4, 0.5) is 0 Å². The van der Waals surface area contributed by atoms with Crippen molar-refractivity contribution in [2.24, 2.45) is 11.3 Å². The predicted molar refractivity (Wildman–Crippen MR) is 128 cm³/mol. The molecule has 6 nitrogen and oxygen atoms in total. The van der Waals surface area contributed by atoms with Gasteiger partial charge in [0.15, 0.2) is 0 Å². The lowest BCUT2D eigenvalue weighted by molar-refractivity contribution is -0.120. The summed E-state index contributed by atoms with van der Waals surface area (Å²) < 4.78 is 6.42. The van der Waals surface area contributed by atoms with Gasteiger partial charge in [-0.3, -0.25) is 4.79 Å². The molecule has 1 spiro atoms. The Kier molecular flexibility index (Phi) is 7.66. The molecule has 3 rings (SSSR count). The van der Waals surface area contributed by atoms with E-state index < -0.39 is 6.10 Å². The number of carbonyl (C=O) groups excluding carboxylic acids is 1. The lowest BCUT2D eigenvalue weighted by Gasteiger charge is -2.50. The highest BCUT2D eigenvalue weighted by molar-refractivity contribution is 5.73. The summed E-state index contributed by atoms with van der Waals surface area (Å²) >= 11 is 0. The summed E-state index contributed by atoms with van der Waals surface area (Å²) in [6.07, 6.45) is 8.35. The van der Waals surface area contributed by atoms with E-state index in [4.69, 9.17) is 9.72 Å². The van der Waals surface area contributed by atoms with E-state index in [1.807, 2.05) is 12.3 Å². The Morgan fingerprint density at radius 2 is 2.12 bits per heavy atom. The largest absolute Gasteiger partial charge is 0.471 e. The monoisotopic (exact) mass is 443 g/mol. The van der Waals surface area contributed by atoms with Gasteiger partial charge in [-0.2, -0.15) is 0 Å². The fourth-order valence-electron chi connectivity index (χ4n) is 5.25. The molecule has 0 bridgehead atoms. The second-order valence-corrected chi connectivity index (χ2v) is 11.2. The Hall–Kier alpha value is -1.92. The van der Waals surface area contributed by atoms with Crippen LogP contribution in [0.15, 0.2) is 24.9 Å². The molecule has 3 atom stereocenters. The molecule has 0 aromatic carbocycles. The van der Waals surface area contributed by atoms with Crippen molar-refractivity contribution in [3.63, 3.8) is 0 Å². The summed E-state index contributed by atoms with van der Waals surface area (Å²) in [6.45, 7) is 14.6. The lowest BCUT2D eigenvalue weighted by Crippen LogP contribution is -2.54. The number of aliphatic hydroxyl groups excluding tert-OH is 1. The van der Waals surface area contributed by atoms with Crippen LogP contribution < -0.4 is 15.4 Å². The average molecular weight is 444 g/mol. The van der Waals surface area contributed by atoms with Crippen LogP contribution in [0, 0.1) is 11.3 Å². The topological polar surface area (TPSA) is 83.5 Å².